The molecule has 0 aliphatic carbocycles. The molecule has 1 atom stereocenters. The third-order valence-electron chi connectivity index (χ3n) is 5.40. The van der Waals surface area contributed by atoms with Crippen molar-refractivity contribution in [1.29, 1.82) is 0 Å². The topological polar surface area (TPSA) is 75.4 Å². The smallest absolute Gasteiger partial charge is 0.259 e. The standard InChI is InChI=1S/C19H21N3O3/c1-12-16(13(2)25-21-12)18(24)22-10-9-19(11-22)8-7-14-5-3-4-6-15(14)17(23)20-19/h3-6H,7-11H2,1-2H3,(H,20,23)/t19-/m0/s1. The molecule has 0 bridgehead atoms. The number of nitrogens with zero attached hydrogens (tertiary/aromatic N) is 2. The Morgan fingerprint density at radius 1 is 1.28 bits per heavy atom. The monoisotopic (exact) mass is 339 g/mol. The lowest BCUT2D eigenvalue weighted by Crippen LogP contribution is -2.50. The van der Waals surface area contributed by atoms with Crippen LogP contribution in [-0.4, -0.2) is 40.5 Å². The molecule has 1 aromatic carbocycles. The fourth-order valence-corrected chi connectivity index (χ4v) is 4.00. The van der Waals surface area contributed by atoms with Gasteiger partial charge in [0.25, 0.3) is 11.8 Å². The number of likely N-dealkylation sites (tertiary alicyclic amines) is 1. The summed E-state index contributed by atoms with van der Waals surface area (Å²) in [6, 6.07) is 7.73. The minimum absolute atomic E-state index is 0.0419. The molecule has 0 radical (unpaired) electrons. The largest absolute Gasteiger partial charge is 0.361 e. The second-order valence-corrected chi connectivity index (χ2v) is 7.07. The number of aromatic nitrogens is 1. The summed E-state index contributed by atoms with van der Waals surface area (Å²) in [6.07, 6.45) is 2.44. The molecular weight excluding hydrogens is 318 g/mol. The summed E-state index contributed by atoms with van der Waals surface area (Å²) in [5.41, 5.74) is 2.62. The van der Waals surface area contributed by atoms with E-state index in [0.29, 0.717) is 30.1 Å². The van der Waals surface area contributed by atoms with Gasteiger partial charge in [-0.25, -0.2) is 0 Å². The summed E-state index contributed by atoms with van der Waals surface area (Å²) in [5, 5.41) is 7.07. The van der Waals surface area contributed by atoms with Crippen LogP contribution in [0.2, 0.25) is 0 Å². The first-order valence-corrected chi connectivity index (χ1v) is 8.62. The van der Waals surface area contributed by atoms with Crippen molar-refractivity contribution < 1.29 is 14.1 Å². The fraction of sp³-hybridized carbons (Fsp3) is 0.421. The van der Waals surface area contributed by atoms with Gasteiger partial charge in [0.15, 0.2) is 0 Å². The molecular formula is C19H21N3O3. The molecule has 6 heteroatoms. The molecule has 4 rings (SSSR count). The average Bonchev–Trinajstić information content (AvgIpc) is 3.12. The zero-order valence-corrected chi connectivity index (χ0v) is 14.5. The number of nitrogens with one attached hydrogen (secondary N) is 1. The highest BCUT2D eigenvalue weighted by Gasteiger charge is 2.43. The number of aryl methyl sites for hydroxylation is 3. The van der Waals surface area contributed by atoms with Crippen LogP contribution >= 0.6 is 0 Å². The Hall–Kier alpha value is -2.63. The van der Waals surface area contributed by atoms with Crippen molar-refractivity contribution in [3.05, 3.63) is 52.4 Å². The highest BCUT2D eigenvalue weighted by atomic mass is 16.5. The van der Waals surface area contributed by atoms with E-state index in [4.69, 9.17) is 4.52 Å². The minimum atomic E-state index is -0.356. The quantitative estimate of drug-likeness (QED) is 0.865. The molecule has 2 aliphatic heterocycles. The van der Waals surface area contributed by atoms with Crippen molar-refractivity contribution in [2.45, 2.75) is 38.6 Å². The summed E-state index contributed by atoms with van der Waals surface area (Å²) in [7, 11) is 0. The summed E-state index contributed by atoms with van der Waals surface area (Å²) in [4.78, 5) is 27.3. The lowest BCUT2D eigenvalue weighted by atomic mass is 9.91. The molecule has 1 spiro atoms. The average molecular weight is 339 g/mol. The number of rotatable bonds is 1. The number of carbonyl (C=O) groups is 2. The molecule has 0 unspecified atom stereocenters. The Morgan fingerprint density at radius 3 is 2.84 bits per heavy atom. The summed E-state index contributed by atoms with van der Waals surface area (Å²) in [5.74, 6) is 0.435. The Balaban J connectivity index is 1.56. The predicted octanol–water partition coefficient (Wildman–Crippen LogP) is 2.25. The maximum atomic E-state index is 12.9. The van der Waals surface area contributed by atoms with Crippen molar-refractivity contribution in [2.75, 3.05) is 13.1 Å². The zero-order valence-electron chi connectivity index (χ0n) is 14.5. The molecule has 130 valence electrons. The van der Waals surface area contributed by atoms with Crippen molar-refractivity contribution >= 4 is 11.8 Å². The lowest BCUT2D eigenvalue weighted by molar-refractivity contribution is 0.0762. The molecule has 25 heavy (non-hydrogen) atoms. The first-order valence-electron chi connectivity index (χ1n) is 8.62. The van der Waals surface area contributed by atoms with Crippen molar-refractivity contribution in [1.82, 2.24) is 15.4 Å². The van der Waals surface area contributed by atoms with Gasteiger partial charge < -0.3 is 14.7 Å². The SMILES string of the molecule is Cc1noc(C)c1C(=O)N1CC[C@@]2(CCc3ccccc3C(=O)N2)C1. The van der Waals surface area contributed by atoms with Crippen molar-refractivity contribution in [3.8, 4) is 0 Å². The van der Waals surface area contributed by atoms with E-state index < -0.39 is 0 Å². The number of carbonyl (C=O) groups excluding carboxylic acids is 2. The van der Waals surface area contributed by atoms with Crippen molar-refractivity contribution in [2.24, 2.45) is 0 Å². The second-order valence-electron chi connectivity index (χ2n) is 7.07. The van der Waals surface area contributed by atoms with Crippen LogP contribution in [0.4, 0.5) is 0 Å². The summed E-state index contributed by atoms with van der Waals surface area (Å²) < 4.78 is 5.13. The first kappa shape index (κ1) is 15.9. The van der Waals surface area contributed by atoms with Crippen LogP contribution in [0.25, 0.3) is 0 Å². The Morgan fingerprint density at radius 2 is 2.08 bits per heavy atom. The van der Waals surface area contributed by atoms with Gasteiger partial charge in [0.05, 0.1) is 11.2 Å². The maximum absolute atomic E-state index is 12.9. The van der Waals surface area contributed by atoms with Gasteiger partial charge in [-0.2, -0.15) is 0 Å². The summed E-state index contributed by atoms with van der Waals surface area (Å²) >= 11 is 0. The van der Waals surface area contributed by atoms with Crippen LogP contribution in [0.15, 0.2) is 28.8 Å². The van der Waals surface area contributed by atoms with Gasteiger partial charge in [-0.1, -0.05) is 23.4 Å². The predicted molar refractivity (Wildman–Crippen MR) is 91.5 cm³/mol. The molecule has 1 fully saturated rings. The maximum Gasteiger partial charge on any atom is 0.259 e. The van der Waals surface area contributed by atoms with Gasteiger partial charge in [0.1, 0.15) is 11.3 Å². The van der Waals surface area contributed by atoms with Gasteiger partial charge in [0.2, 0.25) is 0 Å². The van der Waals surface area contributed by atoms with E-state index in [-0.39, 0.29) is 17.4 Å². The van der Waals surface area contributed by atoms with Crippen LogP contribution < -0.4 is 5.32 Å². The highest BCUT2D eigenvalue weighted by Crippen LogP contribution is 2.32. The van der Waals surface area contributed by atoms with E-state index >= 15 is 0 Å². The molecule has 1 saturated heterocycles. The number of fused-ring (bicyclic) bond motifs is 1. The van der Waals surface area contributed by atoms with E-state index in [1.54, 1.807) is 13.8 Å². The zero-order chi connectivity index (χ0) is 17.6. The van der Waals surface area contributed by atoms with E-state index in [0.717, 1.165) is 30.4 Å². The molecule has 2 aromatic rings. The van der Waals surface area contributed by atoms with Crippen molar-refractivity contribution in [3.63, 3.8) is 0 Å². The number of hydrogen-bond donors (Lipinski definition) is 1. The first-order chi connectivity index (χ1) is 12.0. The van der Waals surface area contributed by atoms with E-state index in [9.17, 15) is 9.59 Å². The summed E-state index contributed by atoms with van der Waals surface area (Å²) in [6.45, 7) is 4.68. The van der Waals surface area contributed by atoms with Crippen LogP contribution in [0, 0.1) is 13.8 Å². The fourth-order valence-electron chi connectivity index (χ4n) is 4.00. The number of amides is 2. The van der Waals surface area contributed by atoms with Crippen LogP contribution in [0.1, 0.15) is 50.6 Å². The molecule has 0 saturated carbocycles. The van der Waals surface area contributed by atoms with Crippen LogP contribution in [0.3, 0.4) is 0 Å². The molecule has 6 nitrogen and oxygen atoms in total. The number of benzene rings is 1. The second kappa shape index (κ2) is 5.72. The molecule has 2 amide bonds. The third kappa shape index (κ3) is 2.62. The molecule has 1 N–H and O–H groups in total. The minimum Gasteiger partial charge on any atom is -0.361 e. The van der Waals surface area contributed by atoms with Gasteiger partial charge in [0, 0.05) is 18.7 Å². The highest BCUT2D eigenvalue weighted by molar-refractivity contribution is 5.98. The lowest BCUT2D eigenvalue weighted by Gasteiger charge is -2.29. The molecule has 2 aliphatic rings. The normalized spacial score (nSPS) is 22.6. The third-order valence-corrected chi connectivity index (χ3v) is 5.40. The van der Waals surface area contributed by atoms with Gasteiger partial charge in [-0.3, -0.25) is 9.59 Å². The van der Waals surface area contributed by atoms with E-state index in [1.165, 1.54) is 0 Å². The number of hydrogen-bond acceptors (Lipinski definition) is 4. The van der Waals surface area contributed by atoms with Crippen LogP contribution in [-0.2, 0) is 6.42 Å². The van der Waals surface area contributed by atoms with Gasteiger partial charge in [-0.15, -0.1) is 0 Å². The molecule has 3 heterocycles. The Kier molecular flexibility index (Phi) is 3.63. The van der Waals surface area contributed by atoms with Gasteiger partial charge >= 0.3 is 0 Å². The van der Waals surface area contributed by atoms with E-state index in [1.807, 2.05) is 29.2 Å². The van der Waals surface area contributed by atoms with Crippen LogP contribution in [0.5, 0.6) is 0 Å². The molecule has 1 aromatic heterocycles. The van der Waals surface area contributed by atoms with Gasteiger partial charge in [-0.05, 0) is 44.7 Å². The Labute approximate surface area is 146 Å². The Bertz CT molecular complexity index is 838. The van der Waals surface area contributed by atoms with E-state index in [2.05, 4.69) is 10.5 Å².